The molecular weight excluding hydrogens is 302 g/mol. The van der Waals surface area contributed by atoms with E-state index in [-0.39, 0.29) is 17.6 Å². The fourth-order valence-corrected chi connectivity index (χ4v) is 2.31. The Kier molecular flexibility index (Phi) is 3.93. The molecule has 0 radical (unpaired) electrons. The molecule has 1 atom stereocenters. The van der Waals surface area contributed by atoms with Gasteiger partial charge < -0.3 is 10.6 Å². The quantitative estimate of drug-likeness (QED) is 0.660. The van der Waals surface area contributed by atoms with Gasteiger partial charge in [-0.1, -0.05) is 0 Å². The molecule has 1 aromatic carbocycles. The lowest BCUT2D eigenvalue weighted by molar-refractivity contribution is -0.384. The lowest BCUT2D eigenvalue weighted by Gasteiger charge is -2.12. The topological polar surface area (TPSA) is 84.3 Å². The third kappa shape index (κ3) is 2.85. The van der Waals surface area contributed by atoms with Crippen molar-refractivity contribution in [1.29, 1.82) is 0 Å². The van der Waals surface area contributed by atoms with Crippen LogP contribution in [0.25, 0.3) is 0 Å². The summed E-state index contributed by atoms with van der Waals surface area (Å²) in [5.74, 6) is -0.109. The smallest absolute Gasteiger partial charge is 0.270 e. The maximum absolute atomic E-state index is 11.9. The summed E-state index contributed by atoms with van der Waals surface area (Å²) >= 11 is 3.21. The molecule has 0 aliphatic carbocycles. The van der Waals surface area contributed by atoms with E-state index in [4.69, 9.17) is 0 Å². The Morgan fingerprint density at radius 1 is 1.56 bits per heavy atom. The van der Waals surface area contributed by atoms with Crippen LogP contribution in [0.4, 0.5) is 11.4 Å². The molecule has 0 saturated carbocycles. The van der Waals surface area contributed by atoms with Crippen molar-refractivity contribution in [1.82, 2.24) is 5.32 Å². The number of hydrogen-bond donors (Lipinski definition) is 2. The number of carbonyl (C=O) groups excluding carboxylic acids is 1. The van der Waals surface area contributed by atoms with Crippen molar-refractivity contribution in [3.63, 3.8) is 0 Å². The van der Waals surface area contributed by atoms with Crippen molar-refractivity contribution in [2.45, 2.75) is 18.9 Å². The molecule has 1 amide bonds. The van der Waals surface area contributed by atoms with E-state index in [0.29, 0.717) is 10.2 Å². The van der Waals surface area contributed by atoms with Crippen LogP contribution < -0.4 is 10.6 Å². The molecule has 1 unspecified atom stereocenters. The number of nitro groups is 1. The summed E-state index contributed by atoms with van der Waals surface area (Å²) < 4.78 is 0.503. The van der Waals surface area contributed by atoms with E-state index in [1.54, 1.807) is 0 Å². The standard InChI is InChI=1S/C11H12BrN3O3/c12-8-6-7(15(17)18)3-4-9(8)14-11(16)10-2-1-5-13-10/h3-4,6,10,13H,1-2,5H2,(H,14,16). The molecule has 0 spiro atoms. The van der Waals surface area contributed by atoms with E-state index in [1.807, 2.05) is 0 Å². The summed E-state index contributed by atoms with van der Waals surface area (Å²) in [6.07, 6.45) is 1.80. The zero-order valence-electron chi connectivity index (χ0n) is 9.48. The number of carbonyl (C=O) groups is 1. The number of nitrogens with one attached hydrogen (secondary N) is 2. The minimum absolute atomic E-state index is 0.0149. The molecule has 96 valence electrons. The number of nitro benzene ring substituents is 1. The van der Waals surface area contributed by atoms with E-state index in [9.17, 15) is 14.9 Å². The second kappa shape index (κ2) is 5.45. The molecule has 2 N–H and O–H groups in total. The summed E-state index contributed by atoms with van der Waals surface area (Å²) in [6, 6.07) is 4.09. The highest BCUT2D eigenvalue weighted by atomic mass is 79.9. The van der Waals surface area contributed by atoms with Crippen LogP contribution in [0, 0.1) is 10.1 Å². The molecule has 6 nitrogen and oxygen atoms in total. The van der Waals surface area contributed by atoms with Crippen LogP contribution in [0.15, 0.2) is 22.7 Å². The van der Waals surface area contributed by atoms with Crippen LogP contribution in [0.3, 0.4) is 0 Å². The molecule has 1 fully saturated rings. The Bertz CT molecular complexity index is 486. The molecule has 2 rings (SSSR count). The number of halogens is 1. The average Bonchev–Trinajstić information content (AvgIpc) is 2.85. The third-order valence-corrected chi connectivity index (χ3v) is 3.45. The molecular formula is C11H12BrN3O3. The minimum Gasteiger partial charge on any atom is -0.324 e. The lowest BCUT2D eigenvalue weighted by Crippen LogP contribution is -2.35. The number of anilines is 1. The van der Waals surface area contributed by atoms with E-state index in [2.05, 4.69) is 26.6 Å². The Balaban J connectivity index is 2.09. The van der Waals surface area contributed by atoms with Gasteiger partial charge in [0.15, 0.2) is 0 Å². The van der Waals surface area contributed by atoms with Crippen molar-refractivity contribution in [2.24, 2.45) is 0 Å². The van der Waals surface area contributed by atoms with Gasteiger partial charge in [0, 0.05) is 16.6 Å². The molecule has 1 saturated heterocycles. The first kappa shape index (κ1) is 13.0. The number of amides is 1. The highest BCUT2D eigenvalue weighted by molar-refractivity contribution is 9.10. The highest BCUT2D eigenvalue weighted by Gasteiger charge is 2.22. The fraction of sp³-hybridized carbons (Fsp3) is 0.364. The van der Waals surface area contributed by atoms with Crippen molar-refractivity contribution < 1.29 is 9.72 Å². The number of benzene rings is 1. The summed E-state index contributed by atoms with van der Waals surface area (Å²) in [4.78, 5) is 22.0. The van der Waals surface area contributed by atoms with Gasteiger partial charge in [-0.3, -0.25) is 14.9 Å². The molecule has 1 aliphatic rings. The summed E-state index contributed by atoms with van der Waals surface area (Å²) in [7, 11) is 0. The van der Waals surface area contributed by atoms with Crippen LogP contribution in [-0.2, 0) is 4.79 Å². The predicted octanol–water partition coefficient (Wildman–Crippen LogP) is 2.05. The monoisotopic (exact) mass is 313 g/mol. The van der Waals surface area contributed by atoms with Crippen molar-refractivity contribution in [3.8, 4) is 0 Å². The largest absolute Gasteiger partial charge is 0.324 e. The molecule has 0 bridgehead atoms. The van der Waals surface area contributed by atoms with E-state index in [1.165, 1.54) is 18.2 Å². The number of hydrogen-bond acceptors (Lipinski definition) is 4. The minimum atomic E-state index is -0.477. The van der Waals surface area contributed by atoms with Gasteiger partial charge in [0.05, 0.1) is 16.7 Å². The van der Waals surface area contributed by atoms with Gasteiger partial charge in [-0.2, -0.15) is 0 Å². The maximum Gasteiger partial charge on any atom is 0.270 e. The van der Waals surface area contributed by atoms with Gasteiger partial charge in [0.2, 0.25) is 5.91 Å². The van der Waals surface area contributed by atoms with Crippen LogP contribution >= 0.6 is 15.9 Å². The first-order valence-electron chi connectivity index (χ1n) is 5.56. The Labute approximate surface area is 112 Å². The maximum atomic E-state index is 11.9. The molecule has 1 heterocycles. The van der Waals surface area contributed by atoms with Crippen LogP contribution in [0.1, 0.15) is 12.8 Å². The van der Waals surface area contributed by atoms with E-state index >= 15 is 0 Å². The molecule has 0 aromatic heterocycles. The van der Waals surface area contributed by atoms with Crippen molar-refractivity contribution >= 4 is 33.2 Å². The normalized spacial score (nSPS) is 18.6. The number of non-ortho nitro benzene ring substituents is 1. The highest BCUT2D eigenvalue weighted by Crippen LogP contribution is 2.27. The first-order valence-corrected chi connectivity index (χ1v) is 6.35. The molecule has 18 heavy (non-hydrogen) atoms. The van der Waals surface area contributed by atoms with Crippen molar-refractivity contribution in [3.05, 3.63) is 32.8 Å². The fourth-order valence-electron chi connectivity index (χ4n) is 1.85. The molecule has 7 heteroatoms. The lowest BCUT2D eigenvalue weighted by atomic mass is 10.2. The van der Waals surface area contributed by atoms with Crippen LogP contribution in [0.5, 0.6) is 0 Å². The number of rotatable bonds is 3. The van der Waals surface area contributed by atoms with Gasteiger partial charge in [0.1, 0.15) is 0 Å². The summed E-state index contributed by atoms with van der Waals surface area (Å²) in [5.41, 5.74) is 0.526. The molecule has 1 aromatic rings. The molecule has 1 aliphatic heterocycles. The Hall–Kier alpha value is -1.47. The van der Waals surface area contributed by atoms with E-state index in [0.717, 1.165) is 19.4 Å². The van der Waals surface area contributed by atoms with Crippen LogP contribution in [-0.4, -0.2) is 23.4 Å². The van der Waals surface area contributed by atoms with Gasteiger partial charge >= 0.3 is 0 Å². The van der Waals surface area contributed by atoms with Crippen molar-refractivity contribution in [2.75, 3.05) is 11.9 Å². The second-order valence-electron chi connectivity index (χ2n) is 4.06. The SMILES string of the molecule is O=C(Nc1ccc([N+](=O)[O-])cc1Br)C1CCCN1. The van der Waals surface area contributed by atoms with Crippen LogP contribution in [0.2, 0.25) is 0 Å². The van der Waals surface area contributed by atoms with Gasteiger partial charge in [-0.15, -0.1) is 0 Å². The Morgan fingerprint density at radius 3 is 2.89 bits per heavy atom. The van der Waals surface area contributed by atoms with Gasteiger partial charge in [0.25, 0.3) is 5.69 Å². The average molecular weight is 314 g/mol. The first-order chi connectivity index (χ1) is 8.58. The van der Waals surface area contributed by atoms with E-state index < -0.39 is 4.92 Å². The van der Waals surface area contributed by atoms with Gasteiger partial charge in [-0.05, 0) is 41.4 Å². The summed E-state index contributed by atoms with van der Waals surface area (Å²) in [5, 5.41) is 16.4. The number of nitrogens with zero attached hydrogens (tertiary/aromatic N) is 1. The second-order valence-corrected chi connectivity index (χ2v) is 4.91. The zero-order valence-corrected chi connectivity index (χ0v) is 11.1. The van der Waals surface area contributed by atoms with Gasteiger partial charge in [-0.25, -0.2) is 0 Å². The third-order valence-electron chi connectivity index (χ3n) is 2.80. The Morgan fingerprint density at radius 2 is 2.33 bits per heavy atom. The summed E-state index contributed by atoms with van der Waals surface area (Å²) in [6.45, 7) is 0.847. The predicted molar refractivity (Wildman–Crippen MR) is 70.5 cm³/mol. The zero-order chi connectivity index (χ0) is 13.1.